The number of hydrogen-bond acceptors (Lipinski definition) is 3. The van der Waals surface area contributed by atoms with E-state index in [-0.39, 0.29) is 6.04 Å². The van der Waals surface area contributed by atoms with E-state index in [1.165, 1.54) is 9.75 Å². The molecule has 100 valence electrons. The van der Waals surface area contributed by atoms with Crippen LogP contribution in [0.3, 0.4) is 0 Å². The largest absolute Gasteiger partial charge is 0.478 e. The van der Waals surface area contributed by atoms with Crippen LogP contribution < -0.4 is 5.32 Å². The van der Waals surface area contributed by atoms with E-state index < -0.39 is 5.97 Å². The molecule has 2 aromatic rings. The number of carboxylic acid groups (broad SMARTS) is 1. The number of aryl methyl sites for hydroxylation is 2. The van der Waals surface area contributed by atoms with E-state index >= 15 is 0 Å². The summed E-state index contributed by atoms with van der Waals surface area (Å²) in [6.07, 6.45) is 0. The van der Waals surface area contributed by atoms with Gasteiger partial charge in [-0.2, -0.15) is 0 Å². The van der Waals surface area contributed by atoms with E-state index in [9.17, 15) is 4.79 Å². The summed E-state index contributed by atoms with van der Waals surface area (Å²) >= 11 is 1.77. The third-order valence-corrected chi connectivity index (χ3v) is 4.21. The predicted molar refractivity (Wildman–Crippen MR) is 79.2 cm³/mol. The van der Waals surface area contributed by atoms with E-state index in [4.69, 9.17) is 5.11 Å². The van der Waals surface area contributed by atoms with Crippen molar-refractivity contribution >= 4 is 23.0 Å². The fraction of sp³-hybridized carbons (Fsp3) is 0.267. The maximum absolute atomic E-state index is 11.0. The highest BCUT2D eigenvalue weighted by atomic mass is 32.1. The quantitative estimate of drug-likeness (QED) is 0.877. The van der Waals surface area contributed by atoms with E-state index in [1.807, 2.05) is 19.1 Å². The number of carboxylic acids is 1. The summed E-state index contributed by atoms with van der Waals surface area (Å²) in [6, 6.07) is 9.78. The van der Waals surface area contributed by atoms with Crippen molar-refractivity contribution in [2.24, 2.45) is 0 Å². The number of anilines is 1. The second-order valence-electron chi connectivity index (χ2n) is 4.65. The zero-order valence-corrected chi connectivity index (χ0v) is 12.0. The van der Waals surface area contributed by atoms with Crippen molar-refractivity contribution in [1.29, 1.82) is 0 Å². The van der Waals surface area contributed by atoms with E-state index in [0.717, 1.165) is 11.3 Å². The Bertz CT molecular complexity index is 604. The monoisotopic (exact) mass is 275 g/mol. The van der Waals surface area contributed by atoms with Crippen LogP contribution in [0, 0.1) is 13.8 Å². The van der Waals surface area contributed by atoms with Crippen LogP contribution in [0.15, 0.2) is 30.3 Å². The van der Waals surface area contributed by atoms with E-state index in [2.05, 4.69) is 31.3 Å². The molecule has 0 bridgehead atoms. The molecule has 0 fully saturated rings. The molecule has 19 heavy (non-hydrogen) atoms. The maximum Gasteiger partial charge on any atom is 0.335 e. The lowest BCUT2D eigenvalue weighted by atomic mass is 10.1. The number of carbonyl (C=O) groups is 1. The Morgan fingerprint density at radius 3 is 2.53 bits per heavy atom. The SMILES string of the molecule is Cc1ccc(C(C)Nc2ccc(C(=O)O)c(C)c2)s1. The van der Waals surface area contributed by atoms with Gasteiger partial charge in [0.15, 0.2) is 0 Å². The molecule has 1 unspecified atom stereocenters. The molecule has 0 saturated heterocycles. The minimum Gasteiger partial charge on any atom is -0.478 e. The molecular weight excluding hydrogens is 258 g/mol. The van der Waals surface area contributed by atoms with Gasteiger partial charge in [-0.05, 0) is 56.7 Å². The third kappa shape index (κ3) is 3.15. The van der Waals surface area contributed by atoms with E-state index in [1.54, 1.807) is 17.4 Å². The molecular formula is C15H17NO2S. The minimum absolute atomic E-state index is 0.216. The number of hydrogen-bond donors (Lipinski definition) is 2. The number of aromatic carboxylic acids is 1. The lowest BCUT2D eigenvalue weighted by Gasteiger charge is -2.14. The fourth-order valence-corrected chi connectivity index (χ4v) is 2.88. The number of thiophene rings is 1. The highest BCUT2D eigenvalue weighted by Gasteiger charge is 2.10. The molecule has 0 amide bonds. The average Bonchev–Trinajstić information content (AvgIpc) is 2.75. The molecule has 0 aliphatic heterocycles. The first-order chi connectivity index (χ1) is 8.97. The van der Waals surface area contributed by atoms with Gasteiger partial charge in [0.25, 0.3) is 0 Å². The van der Waals surface area contributed by atoms with Gasteiger partial charge >= 0.3 is 5.97 Å². The zero-order valence-electron chi connectivity index (χ0n) is 11.2. The summed E-state index contributed by atoms with van der Waals surface area (Å²) < 4.78 is 0. The molecule has 1 heterocycles. The van der Waals surface area contributed by atoms with Crippen molar-refractivity contribution in [1.82, 2.24) is 0 Å². The van der Waals surface area contributed by atoms with Gasteiger partial charge in [-0.1, -0.05) is 0 Å². The summed E-state index contributed by atoms with van der Waals surface area (Å²) in [5.74, 6) is -0.883. The Morgan fingerprint density at radius 2 is 2.00 bits per heavy atom. The molecule has 3 nitrogen and oxygen atoms in total. The second kappa shape index (κ2) is 5.45. The highest BCUT2D eigenvalue weighted by molar-refractivity contribution is 7.12. The smallest absolute Gasteiger partial charge is 0.335 e. The van der Waals surface area contributed by atoms with Gasteiger partial charge in [0, 0.05) is 15.4 Å². The molecule has 0 radical (unpaired) electrons. The van der Waals surface area contributed by atoms with E-state index in [0.29, 0.717) is 5.56 Å². The minimum atomic E-state index is -0.883. The summed E-state index contributed by atoms with van der Waals surface area (Å²) in [5.41, 5.74) is 2.07. The van der Waals surface area contributed by atoms with Gasteiger partial charge in [-0.3, -0.25) is 0 Å². The predicted octanol–water partition coefficient (Wildman–Crippen LogP) is 4.24. The standard InChI is InChI=1S/C15H17NO2S/c1-9-8-12(5-6-13(9)15(17)18)16-11(3)14-7-4-10(2)19-14/h4-8,11,16H,1-3H3,(H,17,18). The summed E-state index contributed by atoms with van der Waals surface area (Å²) in [5, 5.41) is 12.4. The first kappa shape index (κ1) is 13.6. The third-order valence-electron chi connectivity index (χ3n) is 3.03. The fourth-order valence-electron chi connectivity index (χ4n) is 2.00. The number of rotatable bonds is 4. The first-order valence-electron chi connectivity index (χ1n) is 6.14. The van der Waals surface area contributed by atoms with Gasteiger partial charge in [-0.25, -0.2) is 4.79 Å². The van der Waals surface area contributed by atoms with Crippen LogP contribution in [-0.4, -0.2) is 11.1 Å². The lowest BCUT2D eigenvalue weighted by molar-refractivity contribution is 0.0696. The van der Waals surface area contributed by atoms with Crippen LogP contribution in [-0.2, 0) is 0 Å². The molecule has 1 atom stereocenters. The van der Waals surface area contributed by atoms with Crippen LogP contribution >= 0.6 is 11.3 Å². The molecule has 2 N–H and O–H groups in total. The topological polar surface area (TPSA) is 49.3 Å². The maximum atomic E-state index is 11.0. The van der Waals surface area contributed by atoms with Gasteiger partial charge in [0.1, 0.15) is 0 Å². The van der Waals surface area contributed by atoms with Gasteiger partial charge in [-0.15, -0.1) is 11.3 Å². The normalized spacial score (nSPS) is 12.2. The van der Waals surface area contributed by atoms with Crippen LogP contribution in [0.4, 0.5) is 5.69 Å². The molecule has 1 aromatic heterocycles. The summed E-state index contributed by atoms with van der Waals surface area (Å²) in [7, 11) is 0. The Balaban J connectivity index is 2.15. The number of benzene rings is 1. The molecule has 0 saturated carbocycles. The molecule has 4 heteroatoms. The van der Waals surface area contributed by atoms with Gasteiger partial charge in [0.05, 0.1) is 11.6 Å². The average molecular weight is 275 g/mol. The summed E-state index contributed by atoms with van der Waals surface area (Å²) in [4.78, 5) is 13.5. The summed E-state index contributed by atoms with van der Waals surface area (Å²) in [6.45, 7) is 6.01. The second-order valence-corrected chi connectivity index (χ2v) is 5.97. The molecule has 1 aromatic carbocycles. The Morgan fingerprint density at radius 1 is 1.26 bits per heavy atom. The van der Waals surface area contributed by atoms with Crippen molar-refractivity contribution in [2.75, 3.05) is 5.32 Å². The highest BCUT2D eigenvalue weighted by Crippen LogP contribution is 2.26. The Hall–Kier alpha value is -1.81. The van der Waals surface area contributed by atoms with Gasteiger partial charge in [0.2, 0.25) is 0 Å². The van der Waals surface area contributed by atoms with Crippen LogP contribution in [0.5, 0.6) is 0 Å². The molecule has 2 rings (SSSR count). The molecule has 0 aliphatic carbocycles. The Kier molecular flexibility index (Phi) is 3.90. The van der Waals surface area contributed by atoms with Crippen LogP contribution in [0.2, 0.25) is 0 Å². The van der Waals surface area contributed by atoms with Crippen molar-refractivity contribution < 1.29 is 9.90 Å². The molecule has 0 aliphatic rings. The van der Waals surface area contributed by atoms with Crippen molar-refractivity contribution in [3.8, 4) is 0 Å². The van der Waals surface area contributed by atoms with Gasteiger partial charge < -0.3 is 10.4 Å². The van der Waals surface area contributed by atoms with Crippen molar-refractivity contribution in [2.45, 2.75) is 26.8 Å². The van der Waals surface area contributed by atoms with Crippen molar-refractivity contribution in [3.05, 3.63) is 51.2 Å². The van der Waals surface area contributed by atoms with Crippen molar-refractivity contribution in [3.63, 3.8) is 0 Å². The molecule has 0 spiro atoms. The number of nitrogens with one attached hydrogen (secondary N) is 1. The zero-order chi connectivity index (χ0) is 14.0. The first-order valence-corrected chi connectivity index (χ1v) is 6.96. The van der Waals surface area contributed by atoms with Crippen LogP contribution in [0.1, 0.15) is 38.6 Å². The Labute approximate surface area is 116 Å². The lowest BCUT2D eigenvalue weighted by Crippen LogP contribution is -2.06. The van der Waals surface area contributed by atoms with Crippen LogP contribution in [0.25, 0.3) is 0 Å².